The average Bonchev–Trinajstić information content (AvgIpc) is 2.50. The van der Waals surface area contributed by atoms with E-state index in [0.29, 0.717) is 0 Å². The highest BCUT2D eigenvalue weighted by Gasteiger charge is 2.32. The minimum Gasteiger partial charge on any atom is -0.324 e. The summed E-state index contributed by atoms with van der Waals surface area (Å²) in [6, 6.07) is 6.28. The fourth-order valence-corrected chi connectivity index (χ4v) is 3.85. The van der Waals surface area contributed by atoms with Crippen LogP contribution in [0.5, 0.6) is 0 Å². The molecule has 21 heavy (non-hydrogen) atoms. The Morgan fingerprint density at radius 3 is 2.71 bits per heavy atom. The van der Waals surface area contributed by atoms with E-state index < -0.39 is 0 Å². The fraction of sp³-hybridized carbons (Fsp3) is 0.611. The summed E-state index contributed by atoms with van der Waals surface area (Å²) in [5.74, 6) is 1.60. The van der Waals surface area contributed by atoms with Gasteiger partial charge in [0, 0.05) is 18.8 Å². The number of fused-ring (bicyclic) bond motifs is 1. The van der Waals surface area contributed by atoms with E-state index in [1.807, 2.05) is 11.8 Å². The number of hydrogen-bond donors (Lipinski definition) is 1. The number of urea groups is 1. The van der Waals surface area contributed by atoms with Crippen LogP contribution >= 0.6 is 0 Å². The van der Waals surface area contributed by atoms with Gasteiger partial charge in [-0.2, -0.15) is 0 Å². The first-order chi connectivity index (χ1) is 10.1. The number of rotatable bonds is 1. The lowest BCUT2D eigenvalue weighted by Gasteiger charge is -2.41. The third-order valence-electron chi connectivity index (χ3n) is 5.21. The molecule has 3 heteroatoms. The second-order valence-corrected chi connectivity index (χ2v) is 6.79. The zero-order chi connectivity index (χ0) is 14.8. The van der Waals surface area contributed by atoms with Crippen LogP contribution in [0, 0.1) is 25.7 Å². The summed E-state index contributed by atoms with van der Waals surface area (Å²) < 4.78 is 0. The van der Waals surface area contributed by atoms with Crippen LogP contribution in [0.3, 0.4) is 0 Å². The van der Waals surface area contributed by atoms with Gasteiger partial charge in [0.1, 0.15) is 0 Å². The zero-order valence-electron chi connectivity index (χ0n) is 13.2. The maximum Gasteiger partial charge on any atom is 0.321 e. The van der Waals surface area contributed by atoms with Crippen LogP contribution in [0.25, 0.3) is 0 Å². The van der Waals surface area contributed by atoms with E-state index >= 15 is 0 Å². The van der Waals surface area contributed by atoms with Gasteiger partial charge in [0.25, 0.3) is 0 Å². The van der Waals surface area contributed by atoms with Crippen LogP contribution in [-0.4, -0.2) is 24.0 Å². The van der Waals surface area contributed by atoms with Crippen molar-refractivity contribution in [2.75, 3.05) is 18.4 Å². The summed E-state index contributed by atoms with van der Waals surface area (Å²) in [5.41, 5.74) is 3.26. The first kappa shape index (κ1) is 14.4. The van der Waals surface area contributed by atoms with Crippen molar-refractivity contribution < 1.29 is 4.79 Å². The van der Waals surface area contributed by atoms with E-state index in [4.69, 9.17) is 0 Å². The molecule has 3 rings (SSSR count). The zero-order valence-corrected chi connectivity index (χ0v) is 13.2. The molecule has 1 N–H and O–H groups in total. The third kappa shape index (κ3) is 3.22. The maximum absolute atomic E-state index is 12.5. The van der Waals surface area contributed by atoms with Gasteiger partial charge in [0.2, 0.25) is 0 Å². The quantitative estimate of drug-likeness (QED) is 0.818. The van der Waals surface area contributed by atoms with E-state index in [0.717, 1.165) is 36.2 Å². The molecule has 1 aromatic rings. The number of carbonyl (C=O) groups is 1. The topological polar surface area (TPSA) is 32.3 Å². The van der Waals surface area contributed by atoms with E-state index in [2.05, 4.69) is 30.4 Å². The van der Waals surface area contributed by atoms with Gasteiger partial charge < -0.3 is 10.2 Å². The van der Waals surface area contributed by atoms with Gasteiger partial charge in [0.15, 0.2) is 0 Å². The lowest BCUT2D eigenvalue weighted by Crippen LogP contribution is -2.46. The molecule has 2 amide bonds. The summed E-state index contributed by atoms with van der Waals surface area (Å²) >= 11 is 0. The van der Waals surface area contributed by atoms with Crippen LogP contribution in [-0.2, 0) is 0 Å². The molecule has 0 spiro atoms. The van der Waals surface area contributed by atoms with Crippen molar-refractivity contribution in [1.29, 1.82) is 0 Å². The van der Waals surface area contributed by atoms with Crippen LogP contribution in [0.2, 0.25) is 0 Å². The third-order valence-corrected chi connectivity index (χ3v) is 5.21. The minimum atomic E-state index is 0.0766. The highest BCUT2D eigenvalue weighted by molar-refractivity contribution is 5.90. The van der Waals surface area contributed by atoms with Crippen molar-refractivity contribution >= 4 is 11.7 Å². The molecule has 2 aliphatic rings. The molecule has 0 aromatic heterocycles. The van der Waals surface area contributed by atoms with Crippen molar-refractivity contribution in [3.8, 4) is 0 Å². The number of amides is 2. The molecule has 3 nitrogen and oxygen atoms in total. The van der Waals surface area contributed by atoms with Crippen molar-refractivity contribution in [3.63, 3.8) is 0 Å². The number of likely N-dealkylation sites (tertiary alicyclic amines) is 1. The molecule has 1 aliphatic heterocycles. The molecule has 2 atom stereocenters. The first-order valence-corrected chi connectivity index (χ1v) is 8.26. The smallest absolute Gasteiger partial charge is 0.321 e. The average molecular weight is 286 g/mol. The molecule has 1 heterocycles. The lowest BCUT2D eigenvalue weighted by atomic mass is 9.75. The minimum absolute atomic E-state index is 0.0766. The van der Waals surface area contributed by atoms with Gasteiger partial charge in [-0.15, -0.1) is 0 Å². The van der Waals surface area contributed by atoms with Gasteiger partial charge in [-0.3, -0.25) is 0 Å². The predicted octanol–water partition coefficient (Wildman–Crippen LogP) is 4.35. The Morgan fingerprint density at radius 1 is 1.14 bits per heavy atom. The maximum atomic E-state index is 12.5. The number of carbonyl (C=O) groups excluding carboxylic acids is 1. The molecular formula is C18H26N2O. The Bertz CT molecular complexity index is 526. The molecule has 0 unspecified atom stereocenters. The number of hydrogen-bond acceptors (Lipinski definition) is 1. The second-order valence-electron chi connectivity index (χ2n) is 6.79. The molecule has 1 aliphatic carbocycles. The molecule has 114 valence electrons. The molecule has 1 aromatic carbocycles. The van der Waals surface area contributed by atoms with E-state index in [1.54, 1.807) is 0 Å². The Balaban J connectivity index is 1.64. The molecule has 0 bridgehead atoms. The molecule has 1 saturated heterocycles. The van der Waals surface area contributed by atoms with E-state index in [1.165, 1.54) is 37.7 Å². The van der Waals surface area contributed by atoms with Gasteiger partial charge >= 0.3 is 6.03 Å². The molecule has 2 fully saturated rings. The van der Waals surface area contributed by atoms with E-state index in [9.17, 15) is 4.79 Å². The van der Waals surface area contributed by atoms with Crippen LogP contribution in [0.1, 0.15) is 43.2 Å². The van der Waals surface area contributed by atoms with Gasteiger partial charge in [-0.05, 0) is 55.7 Å². The largest absolute Gasteiger partial charge is 0.324 e. The van der Waals surface area contributed by atoms with Crippen molar-refractivity contribution in [1.82, 2.24) is 4.90 Å². The number of benzene rings is 1. The van der Waals surface area contributed by atoms with Crippen molar-refractivity contribution in [3.05, 3.63) is 29.3 Å². The van der Waals surface area contributed by atoms with Gasteiger partial charge in [-0.1, -0.05) is 31.4 Å². The monoisotopic (exact) mass is 286 g/mol. The van der Waals surface area contributed by atoms with E-state index in [-0.39, 0.29) is 6.03 Å². The summed E-state index contributed by atoms with van der Waals surface area (Å²) in [6.07, 6.45) is 6.59. The SMILES string of the molecule is Cc1ccc(C)c(NC(=O)N2CC[C@@H]3CCCC[C@@H]3C2)c1. The highest BCUT2D eigenvalue weighted by atomic mass is 16.2. The highest BCUT2D eigenvalue weighted by Crippen LogP contribution is 2.36. The Hall–Kier alpha value is -1.51. The first-order valence-electron chi connectivity index (χ1n) is 8.26. The van der Waals surface area contributed by atoms with Crippen molar-refractivity contribution in [2.24, 2.45) is 11.8 Å². The Morgan fingerprint density at radius 2 is 1.90 bits per heavy atom. The van der Waals surface area contributed by atoms with Crippen molar-refractivity contribution in [2.45, 2.75) is 46.0 Å². The fourth-order valence-electron chi connectivity index (χ4n) is 3.85. The Labute approximate surface area is 127 Å². The standard InChI is InChI=1S/C18H26N2O/c1-13-7-8-14(2)17(11-13)19-18(21)20-10-9-15-5-3-4-6-16(15)12-20/h7-8,11,15-16H,3-6,9-10,12H2,1-2H3,(H,19,21)/t15-,16+/m0/s1. The molecule has 1 saturated carbocycles. The predicted molar refractivity (Wildman–Crippen MR) is 86.6 cm³/mol. The summed E-state index contributed by atoms with van der Waals surface area (Å²) in [4.78, 5) is 14.5. The summed E-state index contributed by atoms with van der Waals surface area (Å²) in [5, 5.41) is 3.10. The number of nitrogens with one attached hydrogen (secondary N) is 1. The number of nitrogens with zero attached hydrogens (tertiary/aromatic N) is 1. The second kappa shape index (κ2) is 6.08. The lowest BCUT2D eigenvalue weighted by molar-refractivity contribution is 0.108. The number of anilines is 1. The normalized spacial score (nSPS) is 25.3. The molecular weight excluding hydrogens is 260 g/mol. The van der Waals surface area contributed by atoms with Crippen LogP contribution in [0.4, 0.5) is 10.5 Å². The molecule has 0 radical (unpaired) electrons. The van der Waals surface area contributed by atoms with Gasteiger partial charge in [-0.25, -0.2) is 4.79 Å². The number of piperidine rings is 1. The Kier molecular flexibility index (Phi) is 4.18. The summed E-state index contributed by atoms with van der Waals surface area (Å²) in [7, 11) is 0. The van der Waals surface area contributed by atoms with Crippen LogP contribution < -0.4 is 5.32 Å². The van der Waals surface area contributed by atoms with Gasteiger partial charge in [0.05, 0.1) is 0 Å². The van der Waals surface area contributed by atoms with Crippen LogP contribution in [0.15, 0.2) is 18.2 Å². The summed E-state index contributed by atoms with van der Waals surface area (Å²) in [6.45, 7) is 5.96. The number of aryl methyl sites for hydroxylation is 2.